The quantitative estimate of drug-likeness (QED) is 0.912. The Kier molecular flexibility index (Phi) is 5.41. The molecule has 0 radical (unpaired) electrons. The maximum atomic E-state index is 4.68. The fourth-order valence-electron chi connectivity index (χ4n) is 2.63. The summed E-state index contributed by atoms with van der Waals surface area (Å²) in [5.74, 6) is 1.13. The zero-order valence-corrected chi connectivity index (χ0v) is 14.4. The van der Waals surface area contributed by atoms with Gasteiger partial charge >= 0.3 is 0 Å². The first-order chi connectivity index (χ1) is 9.47. The van der Waals surface area contributed by atoms with Crippen LogP contribution >= 0.6 is 15.9 Å². The lowest BCUT2D eigenvalue weighted by atomic mass is 10.1. The van der Waals surface area contributed by atoms with Crippen molar-refractivity contribution in [3.05, 3.63) is 22.3 Å². The van der Waals surface area contributed by atoms with Crippen LogP contribution in [0.2, 0.25) is 0 Å². The molecule has 1 aromatic heterocycles. The Morgan fingerprint density at radius 1 is 1.45 bits per heavy atom. The summed E-state index contributed by atoms with van der Waals surface area (Å²) in [4.78, 5) is 9.49. The van der Waals surface area contributed by atoms with Gasteiger partial charge in [0.15, 0.2) is 0 Å². The molecule has 5 heteroatoms. The summed E-state index contributed by atoms with van der Waals surface area (Å²) in [5.41, 5.74) is 1.27. The number of anilines is 1. The lowest BCUT2D eigenvalue weighted by molar-refractivity contribution is 0.274. The monoisotopic (exact) mass is 340 g/mol. The Hall–Kier alpha value is -0.650. The average molecular weight is 341 g/mol. The highest BCUT2D eigenvalue weighted by atomic mass is 79.9. The van der Waals surface area contributed by atoms with Gasteiger partial charge in [-0.3, -0.25) is 0 Å². The van der Waals surface area contributed by atoms with Crippen LogP contribution in [0.4, 0.5) is 5.82 Å². The predicted molar refractivity (Wildman–Crippen MR) is 88.2 cm³/mol. The molecule has 20 heavy (non-hydrogen) atoms. The fourth-order valence-corrected chi connectivity index (χ4v) is 3.01. The van der Waals surface area contributed by atoms with Crippen LogP contribution in [0.1, 0.15) is 26.3 Å². The van der Waals surface area contributed by atoms with E-state index < -0.39 is 0 Å². The van der Waals surface area contributed by atoms with Gasteiger partial charge < -0.3 is 15.1 Å². The van der Waals surface area contributed by atoms with Gasteiger partial charge in [-0.1, -0.05) is 13.8 Å². The van der Waals surface area contributed by atoms with Gasteiger partial charge in [-0.05, 0) is 36.0 Å². The molecule has 112 valence electrons. The standard InChI is InChI=1S/C15H25BrN4/c1-11(2)17-8-13-7-14(16)9-18-15(13)20-6-5-19(4)10-12(20)3/h7,9,11-12,17H,5-6,8,10H2,1-4H3. The highest BCUT2D eigenvalue weighted by molar-refractivity contribution is 9.10. The smallest absolute Gasteiger partial charge is 0.133 e. The fraction of sp³-hybridized carbons (Fsp3) is 0.667. The Morgan fingerprint density at radius 2 is 2.20 bits per heavy atom. The van der Waals surface area contributed by atoms with Crippen molar-refractivity contribution in [2.45, 2.75) is 39.4 Å². The Bertz CT molecular complexity index is 449. The van der Waals surface area contributed by atoms with Crippen LogP contribution in [0.5, 0.6) is 0 Å². The molecule has 1 aromatic rings. The van der Waals surface area contributed by atoms with Crippen molar-refractivity contribution >= 4 is 21.7 Å². The van der Waals surface area contributed by atoms with E-state index in [2.05, 4.69) is 69.9 Å². The van der Waals surface area contributed by atoms with Gasteiger partial charge in [0.05, 0.1) is 0 Å². The van der Waals surface area contributed by atoms with Crippen molar-refractivity contribution in [2.75, 3.05) is 31.6 Å². The number of pyridine rings is 1. The second kappa shape index (κ2) is 6.87. The molecule has 0 amide bonds. The van der Waals surface area contributed by atoms with Gasteiger partial charge in [0.1, 0.15) is 5.82 Å². The minimum absolute atomic E-state index is 0.478. The largest absolute Gasteiger partial charge is 0.351 e. The summed E-state index contributed by atoms with van der Waals surface area (Å²) in [6, 6.07) is 3.16. The number of hydrogen-bond donors (Lipinski definition) is 1. The van der Waals surface area contributed by atoms with Crippen molar-refractivity contribution in [3.63, 3.8) is 0 Å². The Balaban J connectivity index is 2.21. The Labute approximate surface area is 130 Å². The molecule has 2 rings (SSSR count). The molecule has 1 aliphatic rings. The number of aromatic nitrogens is 1. The Morgan fingerprint density at radius 3 is 2.85 bits per heavy atom. The molecular formula is C15H25BrN4. The molecule has 4 nitrogen and oxygen atoms in total. The number of piperazine rings is 1. The third kappa shape index (κ3) is 3.93. The van der Waals surface area contributed by atoms with Crippen LogP contribution in [-0.2, 0) is 6.54 Å². The lowest BCUT2D eigenvalue weighted by Gasteiger charge is -2.39. The maximum Gasteiger partial charge on any atom is 0.133 e. The minimum atomic E-state index is 0.478. The summed E-state index contributed by atoms with van der Waals surface area (Å²) < 4.78 is 1.04. The molecule has 1 unspecified atom stereocenters. The van der Waals surface area contributed by atoms with E-state index in [1.165, 1.54) is 5.56 Å². The van der Waals surface area contributed by atoms with E-state index in [4.69, 9.17) is 0 Å². The molecule has 1 aliphatic heterocycles. The van der Waals surface area contributed by atoms with Gasteiger partial charge in [-0.25, -0.2) is 4.98 Å². The zero-order chi connectivity index (χ0) is 14.7. The maximum absolute atomic E-state index is 4.68. The van der Waals surface area contributed by atoms with E-state index in [1.54, 1.807) is 0 Å². The first-order valence-corrected chi connectivity index (χ1v) is 8.09. The number of nitrogens with zero attached hydrogens (tertiary/aromatic N) is 3. The van der Waals surface area contributed by atoms with Crippen LogP contribution < -0.4 is 10.2 Å². The van der Waals surface area contributed by atoms with Crippen LogP contribution in [0.25, 0.3) is 0 Å². The predicted octanol–water partition coefficient (Wildman–Crippen LogP) is 2.48. The zero-order valence-electron chi connectivity index (χ0n) is 12.9. The summed E-state index contributed by atoms with van der Waals surface area (Å²) in [6.07, 6.45) is 1.90. The van der Waals surface area contributed by atoms with E-state index in [0.29, 0.717) is 12.1 Å². The van der Waals surface area contributed by atoms with Crippen molar-refractivity contribution in [2.24, 2.45) is 0 Å². The normalized spacial score (nSPS) is 20.7. The van der Waals surface area contributed by atoms with E-state index >= 15 is 0 Å². The van der Waals surface area contributed by atoms with Crippen molar-refractivity contribution in [1.29, 1.82) is 0 Å². The first-order valence-electron chi connectivity index (χ1n) is 7.30. The summed E-state index contributed by atoms with van der Waals surface area (Å²) in [5, 5.41) is 3.49. The number of nitrogens with one attached hydrogen (secondary N) is 1. The van der Waals surface area contributed by atoms with Crippen LogP contribution in [0, 0.1) is 0 Å². The molecule has 0 spiro atoms. The molecule has 0 saturated carbocycles. The number of likely N-dealkylation sites (N-methyl/N-ethyl adjacent to an activating group) is 1. The third-order valence-electron chi connectivity index (χ3n) is 3.71. The van der Waals surface area contributed by atoms with E-state index in [1.807, 2.05) is 6.20 Å². The number of rotatable bonds is 4. The SMILES string of the molecule is CC(C)NCc1cc(Br)cnc1N1CCN(C)CC1C. The van der Waals surface area contributed by atoms with Gasteiger partial charge in [-0.15, -0.1) is 0 Å². The lowest BCUT2D eigenvalue weighted by Crippen LogP contribution is -2.51. The van der Waals surface area contributed by atoms with Gasteiger partial charge in [-0.2, -0.15) is 0 Å². The van der Waals surface area contributed by atoms with Crippen LogP contribution in [0.15, 0.2) is 16.7 Å². The molecular weight excluding hydrogens is 316 g/mol. The van der Waals surface area contributed by atoms with Crippen molar-refractivity contribution < 1.29 is 0 Å². The molecule has 1 atom stereocenters. The van der Waals surface area contributed by atoms with Crippen molar-refractivity contribution in [1.82, 2.24) is 15.2 Å². The van der Waals surface area contributed by atoms with E-state index in [-0.39, 0.29) is 0 Å². The van der Waals surface area contributed by atoms with Crippen LogP contribution in [-0.4, -0.2) is 48.6 Å². The molecule has 0 aromatic carbocycles. The second-order valence-corrected chi connectivity index (χ2v) is 6.89. The van der Waals surface area contributed by atoms with Gasteiger partial charge in [0.25, 0.3) is 0 Å². The highest BCUT2D eigenvalue weighted by Gasteiger charge is 2.24. The summed E-state index contributed by atoms with van der Waals surface area (Å²) in [6.45, 7) is 10.7. The highest BCUT2D eigenvalue weighted by Crippen LogP contribution is 2.25. The van der Waals surface area contributed by atoms with Crippen molar-refractivity contribution in [3.8, 4) is 0 Å². The molecule has 2 heterocycles. The molecule has 1 fully saturated rings. The van der Waals surface area contributed by atoms with Crippen LogP contribution in [0.3, 0.4) is 0 Å². The average Bonchev–Trinajstić information content (AvgIpc) is 2.37. The second-order valence-electron chi connectivity index (χ2n) is 5.98. The number of hydrogen-bond acceptors (Lipinski definition) is 4. The van der Waals surface area contributed by atoms with Gasteiger partial charge in [0.2, 0.25) is 0 Å². The molecule has 0 bridgehead atoms. The molecule has 0 aliphatic carbocycles. The molecule has 1 saturated heterocycles. The topological polar surface area (TPSA) is 31.4 Å². The van der Waals surface area contributed by atoms with Gasteiger partial charge in [0, 0.05) is 54.5 Å². The van der Waals surface area contributed by atoms with E-state index in [0.717, 1.165) is 36.5 Å². The summed E-state index contributed by atoms with van der Waals surface area (Å²) in [7, 11) is 2.18. The third-order valence-corrected chi connectivity index (χ3v) is 4.15. The van der Waals surface area contributed by atoms with E-state index in [9.17, 15) is 0 Å². The summed E-state index contributed by atoms with van der Waals surface area (Å²) >= 11 is 3.54. The number of halogens is 1. The minimum Gasteiger partial charge on any atom is -0.351 e. The molecule has 1 N–H and O–H groups in total. The first kappa shape index (κ1) is 15.7.